The molecule has 0 aliphatic rings. The monoisotopic (exact) mass is 519 g/mol. The van der Waals surface area contributed by atoms with Crippen molar-refractivity contribution in [3.05, 3.63) is 78.9 Å². The minimum absolute atomic E-state index is 0.0575. The number of furan rings is 1. The highest BCUT2D eigenvalue weighted by molar-refractivity contribution is 7.89. The van der Waals surface area contributed by atoms with Crippen molar-refractivity contribution in [2.24, 2.45) is 5.92 Å². The van der Waals surface area contributed by atoms with Gasteiger partial charge in [-0.1, -0.05) is 50.2 Å². The number of thiophene rings is 1. The van der Waals surface area contributed by atoms with E-state index < -0.39 is 22.0 Å². The van der Waals surface area contributed by atoms with E-state index in [-0.39, 0.29) is 10.8 Å². The molecule has 1 atom stereocenters. The summed E-state index contributed by atoms with van der Waals surface area (Å²) >= 11 is 1.71. The molecule has 184 valence electrons. The highest BCUT2D eigenvalue weighted by atomic mass is 32.2. The molecule has 0 radical (unpaired) electrons. The Morgan fingerprint density at radius 2 is 1.58 bits per heavy atom. The average molecular weight is 520 g/mol. The van der Waals surface area contributed by atoms with Crippen LogP contribution in [0.25, 0.3) is 42.8 Å². The van der Waals surface area contributed by atoms with Crippen molar-refractivity contribution in [1.82, 2.24) is 4.72 Å². The number of sulfonamides is 1. The highest BCUT2D eigenvalue weighted by Gasteiger charge is 2.29. The molecule has 0 aliphatic heterocycles. The molecule has 2 aromatic heterocycles. The number of benzene rings is 3. The van der Waals surface area contributed by atoms with Crippen LogP contribution in [0.3, 0.4) is 0 Å². The molecule has 0 saturated heterocycles. The predicted molar refractivity (Wildman–Crippen MR) is 143 cm³/mol. The molecule has 0 fully saturated rings. The van der Waals surface area contributed by atoms with Crippen LogP contribution in [0.1, 0.15) is 13.8 Å². The van der Waals surface area contributed by atoms with E-state index in [9.17, 15) is 13.2 Å². The summed E-state index contributed by atoms with van der Waals surface area (Å²) in [6, 6.07) is 24.1. The van der Waals surface area contributed by atoms with Crippen LogP contribution < -0.4 is 4.72 Å². The number of hydrogen-bond acceptors (Lipinski definition) is 6. The van der Waals surface area contributed by atoms with Crippen molar-refractivity contribution in [3.8, 4) is 20.9 Å². The lowest BCUT2D eigenvalue weighted by molar-refractivity contribution is -0.143. The first-order chi connectivity index (χ1) is 17.3. The van der Waals surface area contributed by atoms with Gasteiger partial charge in [-0.25, -0.2) is 8.42 Å². The number of carbonyl (C=O) groups excluding carboxylic acids is 1. The molecule has 6 nitrogen and oxygen atoms in total. The zero-order chi connectivity index (χ0) is 25.4. The minimum Gasteiger partial charge on any atom is -0.468 e. The van der Waals surface area contributed by atoms with E-state index in [4.69, 9.17) is 9.15 Å². The van der Waals surface area contributed by atoms with Gasteiger partial charge in [0.2, 0.25) is 10.0 Å². The van der Waals surface area contributed by atoms with E-state index >= 15 is 0 Å². The zero-order valence-electron chi connectivity index (χ0n) is 20.0. The number of methoxy groups -OCH3 is 1. The van der Waals surface area contributed by atoms with Gasteiger partial charge in [-0.3, -0.25) is 4.79 Å². The number of ether oxygens (including phenoxy) is 1. The van der Waals surface area contributed by atoms with Gasteiger partial charge in [-0.05, 0) is 59.5 Å². The number of nitrogens with one attached hydrogen (secondary N) is 1. The van der Waals surface area contributed by atoms with Crippen LogP contribution >= 0.6 is 11.3 Å². The molecule has 8 heteroatoms. The van der Waals surface area contributed by atoms with Crippen molar-refractivity contribution in [2.75, 3.05) is 7.11 Å². The predicted octanol–water partition coefficient (Wildman–Crippen LogP) is 6.46. The van der Waals surface area contributed by atoms with Crippen LogP contribution in [0.5, 0.6) is 0 Å². The Labute approximate surface area is 213 Å². The Balaban J connectivity index is 1.49. The van der Waals surface area contributed by atoms with Crippen LogP contribution in [-0.4, -0.2) is 27.5 Å². The maximum atomic E-state index is 13.1. The van der Waals surface area contributed by atoms with E-state index in [0.29, 0.717) is 16.6 Å². The van der Waals surface area contributed by atoms with Gasteiger partial charge in [-0.2, -0.15) is 4.72 Å². The van der Waals surface area contributed by atoms with Gasteiger partial charge >= 0.3 is 5.97 Å². The van der Waals surface area contributed by atoms with Crippen LogP contribution in [0.2, 0.25) is 0 Å². The first kappa shape index (κ1) is 24.2. The first-order valence-corrected chi connectivity index (χ1v) is 13.8. The lowest BCUT2D eigenvalue weighted by atomic mass is 10.1. The highest BCUT2D eigenvalue weighted by Crippen LogP contribution is 2.38. The van der Waals surface area contributed by atoms with Crippen LogP contribution in [0.15, 0.2) is 88.2 Å². The number of rotatable bonds is 7. The lowest BCUT2D eigenvalue weighted by Gasteiger charge is -2.19. The summed E-state index contributed by atoms with van der Waals surface area (Å²) in [7, 11) is -2.72. The van der Waals surface area contributed by atoms with Crippen molar-refractivity contribution >= 4 is 49.3 Å². The summed E-state index contributed by atoms with van der Waals surface area (Å²) in [5, 5.41) is 1.51. The van der Waals surface area contributed by atoms with Gasteiger partial charge in [0.05, 0.1) is 12.0 Å². The van der Waals surface area contributed by atoms with Gasteiger partial charge < -0.3 is 9.15 Å². The molecule has 3 aromatic carbocycles. The fourth-order valence-electron chi connectivity index (χ4n) is 4.15. The molecule has 0 amide bonds. The van der Waals surface area contributed by atoms with Gasteiger partial charge in [0.15, 0.2) is 0 Å². The van der Waals surface area contributed by atoms with Gasteiger partial charge in [0, 0.05) is 20.5 Å². The SMILES string of the molecule is COC(=O)[C@H](NS(=O)(=O)c1ccc2oc3cc(-c4ccc(-c5ccccc5)s4)ccc3c2c1)C(C)C. The Hall–Kier alpha value is -3.46. The molecule has 0 spiro atoms. The summed E-state index contributed by atoms with van der Waals surface area (Å²) < 4.78 is 39.5. The topological polar surface area (TPSA) is 85.6 Å². The summed E-state index contributed by atoms with van der Waals surface area (Å²) in [5.41, 5.74) is 3.47. The third-order valence-electron chi connectivity index (χ3n) is 6.11. The van der Waals surface area contributed by atoms with Gasteiger partial charge in [-0.15, -0.1) is 11.3 Å². The number of carbonyl (C=O) groups is 1. The largest absolute Gasteiger partial charge is 0.468 e. The van der Waals surface area contributed by atoms with Crippen LogP contribution in [0.4, 0.5) is 0 Å². The molecule has 0 bridgehead atoms. The van der Waals surface area contributed by atoms with E-state index in [0.717, 1.165) is 15.8 Å². The maximum Gasteiger partial charge on any atom is 0.324 e. The molecule has 5 rings (SSSR count). The average Bonchev–Trinajstić information content (AvgIpc) is 3.51. The summed E-state index contributed by atoms with van der Waals surface area (Å²) in [5.74, 6) is -0.899. The molecular formula is C28H25NO5S2. The van der Waals surface area contributed by atoms with E-state index in [2.05, 4.69) is 29.0 Å². The van der Waals surface area contributed by atoms with Crippen molar-refractivity contribution < 1.29 is 22.4 Å². The molecule has 36 heavy (non-hydrogen) atoms. The van der Waals surface area contributed by atoms with Crippen molar-refractivity contribution in [1.29, 1.82) is 0 Å². The third-order valence-corrected chi connectivity index (χ3v) is 8.73. The summed E-state index contributed by atoms with van der Waals surface area (Å²) in [4.78, 5) is 14.4. The summed E-state index contributed by atoms with van der Waals surface area (Å²) in [6.07, 6.45) is 0. The Bertz CT molecular complexity index is 1670. The van der Waals surface area contributed by atoms with E-state index in [1.54, 1.807) is 37.3 Å². The maximum absolute atomic E-state index is 13.1. The number of hydrogen-bond donors (Lipinski definition) is 1. The zero-order valence-corrected chi connectivity index (χ0v) is 21.7. The van der Waals surface area contributed by atoms with E-state index in [1.165, 1.54) is 23.6 Å². The third kappa shape index (κ3) is 4.55. The fraction of sp³-hybridized carbons (Fsp3) is 0.179. The Morgan fingerprint density at radius 1 is 0.861 bits per heavy atom. The van der Waals surface area contributed by atoms with E-state index in [1.807, 2.05) is 36.4 Å². The number of fused-ring (bicyclic) bond motifs is 3. The second-order valence-corrected chi connectivity index (χ2v) is 11.7. The first-order valence-electron chi connectivity index (χ1n) is 11.5. The number of esters is 1. The van der Waals surface area contributed by atoms with Gasteiger partial charge in [0.25, 0.3) is 0 Å². The van der Waals surface area contributed by atoms with Crippen LogP contribution in [-0.2, 0) is 19.6 Å². The lowest BCUT2D eigenvalue weighted by Crippen LogP contribution is -2.44. The Morgan fingerprint density at radius 3 is 2.28 bits per heavy atom. The molecule has 0 saturated carbocycles. The van der Waals surface area contributed by atoms with Gasteiger partial charge in [0.1, 0.15) is 17.2 Å². The second kappa shape index (κ2) is 9.54. The second-order valence-electron chi connectivity index (χ2n) is 8.87. The Kier molecular flexibility index (Phi) is 6.42. The molecule has 0 unspecified atom stereocenters. The standard InChI is InChI=1S/C28H25NO5S2/c1-17(2)27(28(30)33-3)29-36(31,32)20-10-12-23-22(16-20)21-11-9-19(15-24(21)34-23)26-14-13-25(35-26)18-7-5-4-6-8-18/h4-17,27,29H,1-3H3/t27-/m1/s1. The van der Waals surface area contributed by atoms with Crippen LogP contribution in [0, 0.1) is 5.92 Å². The molecule has 2 heterocycles. The molecule has 0 aliphatic carbocycles. The molecule has 1 N–H and O–H groups in total. The van der Waals surface area contributed by atoms with Crippen molar-refractivity contribution in [2.45, 2.75) is 24.8 Å². The summed E-state index contributed by atoms with van der Waals surface area (Å²) in [6.45, 7) is 3.51. The molecular weight excluding hydrogens is 494 g/mol. The molecule has 5 aromatic rings. The van der Waals surface area contributed by atoms with Crippen molar-refractivity contribution in [3.63, 3.8) is 0 Å². The fourth-order valence-corrected chi connectivity index (χ4v) is 6.51. The quantitative estimate of drug-likeness (QED) is 0.250. The minimum atomic E-state index is -3.96. The normalized spacial score (nSPS) is 12.9. The smallest absolute Gasteiger partial charge is 0.324 e.